The number of aliphatic hydroxyl groups is 1. The van der Waals surface area contributed by atoms with Crippen molar-refractivity contribution in [3.63, 3.8) is 0 Å². The number of hydrogen-bond acceptors (Lipinski definition) is 7. The number of esters is 1. The van der Waals surface area contributed by atoms with Crippen LogP contribution in [0.2, 0.25) is 0 Å². The molecule has 4 rings (SSSR count). The molecule has 0 aliphatic carbocycles. The normalized spacial score (nSPS) is 16.7. The minimum atomic E-state index is -0.951. The van der Waals surface area contributed by atoms with Gasteiger partial charge in [-0.05, 0) is 54.4 Å². The first-order valence-electron chi connectivity index (χ1n) is 11.3. The van der Waals surface area contributed by atoms with Crippen LogP contribution in [0.15, 0.2) is 78.4 Å². The smallest absolute Gasteiger partial charge is 0.310 e. The Morgan fingerprint density at radius 3 is 2.33 bits per heavy atom. The number of benzene rings is 3. The summed E-state index contributed by atoms with van der Waals surface area (Å²) in [4.78, 5) is 39.6. The maximum Gasteiger partial charge on any atom is 0.310 e. The standard InChI is InChI=1S/C28H25NO7/c1-3-36-23(31)15-17-7-11-20(12-8-17)29-25(18-9-13-21(30)14-10-18)24(27(33)28(29)34)26(32)19-5-4-6-22(16-19)35-2/h4-14,16,25,30,32H,3,15H2,1-2H3/b26-24-. The Bertz CT molecular complexity index is 1330. The molecule has 0 radical (unpaired) electrons. The number of phenolic OH excluding ortho intramolecular Hbond substituents is 1. The third-order valence-electron chi connectivity index (χ3n) is 5.86. The van der Waals surface area contributed by atoms with E-state index in [1.54, 1.807) is 67.6 Å². The second-order valence-electron chi connectivity index (χ2n) is 8.14. The Morgan fingerprint density at radius 1 is 1.00 bits per heavy atom. The van der Waals surface area contributed by atoms with Crippen molar-refractivity contribution in [1.29, 1.82) is 0 Å². The van der Waals surface area contributed by atoms with E-state index in [1.165, 1.54) is 24.1 Å². The van der Waals surface area contributed by atoms with Crippen LogP contribution in [0, 0.1) is 0 Å². The molecule has 0 bridgehead atoms. The molecular weight excluding hydrogens is 462 g/mol. The molecule has 8 nitrogen and oxygen atoms in total. The van der Waals surface area contributed by atoms with Crippen LogP contribution in [0.5, 0.6) is 11.5 Å². The molecule has 1 heterocycles. The number of hydrogen-bond donors (Lipinski definition) is 2. The second kappa shape index (κ2) is 10.4. The first-order valence-corrected chi connectivity index (χ1v) is 11.3. The van der Waals surface area contributed by atoms with Gasteiger partial charge in [-0.15, -0.1) is 0 Å². The molecule has 1 fully saturated rings. The molecule has 1 saturated heterocycles. The largest absolute Gasteiger partial charge is 0.508 e. The minimum absolute atomic E-state index is 0.0202. The van der Waals surface area contributed by atoms with Gasteiger partial charge in [-0.2, -0.15) is 0 Å². The molecule has 2 N–H and O–H groups in total. The molecule has 1 unspecified atom stereocenters. The summed E-state index contributed by atoms with van der Waals surface area (Å²) < 4.78 is 10.2. The van der Waals surface area contributed by atoms with Crippen molar-refractivity contribution in [2.45, 2.75) is 19.4 Å². The fourth-order valence-electron chi connectivity index (χ4n) is 4.15. The number of ketones is 1. The van der Waals surface area contributed by atoms with Crippen molar-refractivity contribution in [2.24, 2.45) is 0 Å². The lowest BCUT2D eigenvalue weighted by atomic mass is 9.95. The van der Waals surface area contributed by atoms with E-state index in [0.717, 1.165) is 0 Å². The monoisotopic (exact) mass is 487 g/mol. The van der Waals surface area contributed by atoms with E-state index in [1.807, 2.05) is 0 Å². The van der Waals surface area contributed by atoms with Gasteiger partial charge in [0.1, 0.15) is 17.3 Å². The highest BCUT2D eigenvalue weighted by Crippen LogP contribution is 2.42. The zero-order valence-corrected chi connectivity index (χ0v) is 19.8. The maximum atomic E-state index is 13.3. The number of amides is 1. The average Bonchev–Trinajstić information content (AvgIpc) is 3.15. The quantitative estimate of drug-likeness (QED) is 0.223. The van der Waals surface area contributed by atoms with Crippen LogP contribution in [-0.4, -0.2) is 41.6 Å². The van der Waals surface area contributed by atoms with Gasteiger partial charge in [0.05, 0.1) is 31.8 Å². The number of Topliss-reactive ketones (excluding diaryl/α,β-unsaturated/α-hetero) is 1. The van der Waals surface area contributed by atoms with Crippen LogP contribution in [0.3, 0.4) is 0 Å². The van der Waals surface area contributed by atoms with Gasteiger partial charge in [0.2, 0.25) is 0 Å². The molecule has 3 aromatic rings. The van der Waals surface area contributed by atoms with Gasteiger partial charge in [-0.1, -0.05) is 36.4 Å². The summed E-state index contributed by atoms with van der Waals surface area (Å²) in [5, 5.41) is 21.0. The Balaban J connectivity index is 1.81. The summed E-state index contributed by atoms with van der Waals surface area (Å²) in [6.45, 7) is 2.01. The van der Waals surface area contributed by atoms with Crippen LogP contribution in [-0.2, 0) is 25.5 Å². The molecule has 1 aliphatic rings. The minimum Gasteiger partial charge on any atom is -0.508 e. The summed E-state index contributed by atoms with van der Waals surface area (Å²) in [6, 6.07) is 18.3. The first kappa shape index (κ1) is 24.5. The molecule has 0 aromatic heterocycles. The molecule has 8 heteroatoms. The van der Waals surface area contributed by atoms with E-state index in [2.05, 4.69) is 0 Å². The predicted molar refractivity (Wildman–Crippen MR) is 133 cm³/mol. The lowest BCUT2D eigenvalue weighted by Crippen LogP contribution is -2.29. The maximum absolute atomic E-state index is 13.3. The third-order valence-corrected chi connectivity index (χ3v) is 5.86. The molecule has 3 aromatic carbocycles. The molecule has 0 spiro atoms. The summed E-state index contributed by atoms with van der Waals surface area (Å²) in [7, 11) is 1.49. The Labute approximate surface area is 208 Å². The molecule has 184 valence electrons. The second-order valence-corrected chi connectivity index (χ2v) is 8.14. The zero-order valence-electron chi connectivity index (χ0n) is 19.8. The number of rotatable bonds is 7. The number of methoxy groups -OCH3 is 1. The summed E-state index contributed by atoms with van der Waals surface area (Å²) in [5.41, 5.74) is 1.85. The number of carbonyl (C=O) groups excluding carboxylic acids is 3. The van der Waals surface area contributed by atoms with Crippen LogP contribution >= 0.6 is 0 Å². The molecular formula is C28H25NO7. The van der Waals surface area contributed by atoms with Gasteiger partial charge in [0, 0.05) is 11.3 Å². The Hall–Kier alpha value is -4.59. The fraction of sp³-hybridized carbons (Fsp3) is 0.179. The highest BCUT2D eigenvalue weighted by atomic mass is 16.5. The highest BCUT2D eigenvalue weighted by molar-refractivity contribution is 6.51. The SMILES string of the molecule is CCOC(=O)Cc1ccc(N2C(=O)C(=O)/C(=C(\O)c3cccc(OC)c3)C2c2ccc(O)cc2)cc1. The van der Waals surface area contributed by atoms with Crippen molar-refractivity contribution in [3.05, 3.63) is 95.1 Å². The van der Waals surface area contributed by atoms with E-state index in [9.17, 15) is 24.6 Å². The number of anilines is 1. The van der Waals surface area contributed by atoms with Gasteiger partial charge < -0.3 is 19.7 Å². The van der Waals surface area contributed by atoms with Crippen molar-refractivity contribution >= 4 is 29.1 Å². The van der Waals surface area contributed by atoms with E-state index in [-0.39, 0.29) is 36.1 Å². The fourth-order valence-corrected chi connectivity index (χ4v) is 4.15. The highest BCUT2D eigenvalue weighted by Gasteiger charge is 2.47. The van der Waals surface area contributed by atoms with Gasteiger partial charge in [0.15, 0.2) is 0 Å². The van der Waals surface area contributed by atoms with E-state index in [0.29, 0.717) is 28.1 Å². The average molecular weight is 488 g/mol. The molecule has 1 amide bonds. The van der Waals surface area contributed by atoms with Crippen LogP contribution in [0.1, 0.15) is 29.7 Å². The first-order chi connectivity index (χ1) is 17.3. The van der Waals surface area contributed by atoms with Crippen molar-refractivity contribution in [2.75, 3.05) is 18.6 Å². The lowest BCUT2D eigenvalue weighted by molar-refractivity contribution is -0.142. The van der Waals surface area contributed by atoms with Crippen molar-refractivity contribution < 1.29 is 34.1 Å². The van der Waals surface area contributed by atoms with Crippen LogP contribution < -0.4 is 9.64 Å². The van der Waals surface area contributed by atoms with Gasteiger partial charge in [0.25, 0.3) is 11.7 Å². The Morgan fingerprint density at radius 2 is 1.69 bits per heavy atom. The number of aromatic hydroxyl groups is 1. The number of nitrogens with zero attached hydrogens (tertiary/aromatic N) is 1. The summed E-state index contributed by atoms with van der Waals surface area (Å²) in [6.07, 6.45) is 0.0736. The number of ether oxygens (including phenoxy) is 2. The molecule has 36 heavy (non-hydrogen) atoms. The molecule has 0 saturated carbocycles. The van der Waals surface area contributed by atoms with Crippen molar-refractivity contribution in [3.8, 4) is 11.5 Å². The van der Waals surface area contributed by atoms with Crippen LogP contribution in [0.4, 0.5) is 5.69 Å². The number of aliphatic hydroxyl groups excluding tert-OH is 1. The summed E-state index contributed by atoms with van der Waals surface area (Å²) in [5.74, 6) is -1.86. The van der Waals surface area contributed by atoms with E-state index < -0.39 is 17.7 Å². The van der Waals surface area contributed by atoms with E-state index >= 15 is 0 Å². The molecule has 1 aliphatic heterocycles. The van der Waals surface area contributed by atoms with Gasteiger partial charge in [-0.3, -0.25) is 19.3 Å². The number of phenols is 1. The van der Waals surface area contributed by atoms with Gasteiger partial charge >= 0.3 is 5.97 Å². The summed E-state index contributed by atoms with van der Waals surface area (Å²) >= 11 is 0. The topological polar surface area (TPSA) is 113 Å². The van der Waals surface area contributed by atoms with Crippen LogP contribution in [0.25, 0.3) is 5.76 Å². The van der Waals surface area contributed by atoms with Gasteiger partial charge in [-0.25, -0.2) is 0 Å². The van der Waals surface area contributed by atoms with E-state index in [4.69, 9.17) is 9.47 Å². The third kappa shape index (κ3) is 4.79. The predicted octanol–water partition coefficient (Wildman–Crippen LogP) is 4.13. The zero-order chi connectivity index (χ0) is 25.8. The van der Waals surface area contributed by atoms with Crippen molar-refractivity contribution in [1.82, 2.24) is 0 Å². The lowest BCUT2D eigenvalue weighted by Gasteiger charge is -2.25. The number of carbonyl (C=O) groups is 3. The Kier molecular flexibility index (Phi) is 7.05. The molecule has 1 atom stereocenters.